The van der Waals surface area contributed by atoms with Gasteiger partial charge in [-0.3, -0.25) is 20.2 Å². The van der Waals surface area contributed by atoms with Crippen LogP contribution in [0.5, 0.6) is 0 Å². The number of rotatable bonds is 6. The van der Waals surface area contributed by atoms with Gasteiger partial charge in [-0.25, -0.2) is 0 Å². The highest BCUT2D eigenvalue weighted by Crippen LogP contribution is 2.40. The Morgan fingerprint density at radius 1 is 1.32 bits per heavy atom. The van der Waals surface area contributed by atoms with E-state index >= 15 is 0 Å². The van der Waals surface area contributed by atoms with Crippen molar-refractivity contribution in [2.24, 2.45) is 0 Å². The van der Waals surface area contributed by atoms with E-state index in [-0.39, 0.29) is 23.4 Å². The number of anilines is 1. The SMILES string of the molecule is Cc1c(CO)cc([N+](=O)[O-])c(NCC2(O)CCC2)c1[N+](=O)[O-]. The van der Waals surface area contributed by atoms with Crippen LogP contribution in [0.25, 0.3) is 0 Å². The Morgan fingerprint density at radius 3 is 2.36 bits per heavy atom. The molecule has 22 heavy (non-hydrogen) atoms. The molecule has 0 amide bonds. The van der Waals surface area contributed by atoms with Crippen LogP contribution in [0.1, 0.15) is 30.4 Å². The molecule has 0 heterocycles. The van der Waals surface area contributed by atoms with Crippen molar-refractivity contribution in [3.05, 3.63) is 37.4 Å². The molecular formula is C13H17N3O6. The van der Waals surface area contributed by atoms with Crippen LogP contribution < -0.4 is 5.32 Å². The van der Waals surface area contributed by atoms with Gasteiger partial charge in [-0.2, -0.15) is 0 Å². The lowest BCUT2D eigenvalue weighted by atomic mass is 9.80. The van der Waals surface area contributed by atoms with Crippen LogP contribution in [-0.4, -0.2) is 32.2 Å². The topological polar surface area (TPSA) is 139 Å². The van der Waals surface area contributed by atoms with Crippen molar-refractivity contribution in [2.45, 2.75) is 38.4 Å². The summed E-state index contributed by atoms with van der Waals surface area (Å²) < 4.78 is 0. The zero-order valence-electron chi connectivity index (χ0n) is 12.0. The van der Waals surface area contributed by atoms with E-state index in [9.17, 15) is 30.4 Å². The highest BCUT2D eigenvalue weighted by Gasteiger charge is 2.37. The number of hydrogen-bond donors (Lipinski definition) is 3. The second kappa shape index (κ2) is 5.85. The molecule has 1 fully saturated rings. The van der Waals surface area contributed by atoms with Crippen LogP contribution in [-0.2, 0) is 6.61 Å². The third-order valence-electron chi connectivity index (χ3n) is 4.07. The van der Waals surface area contributed by atoms with Gasteiger partial charge in [0.05, 0.1) is 22.1 Å². The first-order valence-corrected chi connectivity index (χ1v) is 6.81. The molecule has 0 spiro atoms. The molecule has 1 saturated carbocycles. The van der Waals surface area contributed by atoms with Crippen LogP contribution in [0.15, 0.2) is 6.07 Å². The summed E-state index contributed by atoms with van der Waals surface area (Å²) in [6, 6.07) is 1.12. The van der Waals surface area contributed by atoms with Gasteiger partial charge in [-0.15, -0.1) is 0 Å². The van der Waals surface area contributed by atoms with E-state index in [1.165, 1.54) is 6.92 Å². The van der Waals surface area contributed by atoms with E-state index in [1.807, 2.05) is 0 Å². The maximum absolute atomic E-state index is 11.3. The van der Waals surface area contributed by atoms with Crippen LogP contribution >= 0.6 is 0 Å². The average Bonchev–Trinajstić information content (AvgIpc) is 2.42. The predicted molar refractivity (Wildman–Crippen MR) is 77.7 cm³/mol. The second-order valence-electron chi connectivity index (χ2n) is 5.51. The average molecular weight is 311 g/mol. The van der Waals surface area contributed by atoms with Crippen molar-refractivity contribution in [3.8, 4) is 0 Å². The first-order chi connectivity index (χ1) is 10.3. The van der Waals surface area contributed by atoms with Gasteiger partial charge < -0.3 is 15.5 Å². The summed E-state index contributed by atoms with van der Waals surface area (Å²) in [5.41, 5.74) is -1.84. The molecule has 0 aliphatic heterocycles. The molecule has 0 unspecified atom stereocenters. The van der Waals surface area contributed by atoms with Crippen LogP contribution in [0.3, 0.4) is 0 Å². The monoisotopic (exact) mass is 311 g/mol. The quantitative estimate of drug-likeness (QED) is 0.536. The Labute approximate surface area is 125 Å². The first-order valence-electron chi connectivity index (χ1n) is 6.81. The Morgan fingerprint density at radius 2 is 1.95 bits per heavy atom. The summed E-state index contributed by atoms with van der Waals surface area (Å²) in [5, 5.41) is 44.4. The molecular weight excluding hydrogens is 294 g/mol. The first kappa shape index (κ1) is 16.1. The number of nitrogens with one attached hydrogen (secondary N) is 1. The Bertz CT molecular complexity index is 627. The van der Waals surface area contributed by atoms with E-state index in [4.69, 9.17) is 0 Å². The van der Waals surface area contributed by atoms with E-state index in [0.717, 1.165) is 12.5 Å². The van der Waals surface area contributed by atoms with Crippen molar-refractivity contribution in [3.63, 3.8) is 0 Å². The predicted octanol–water partition coefficient (Wildman–Crippen LogP) is 1.63. The fraction of sp³-hybridized carbons (Fsp3) is 0.538. The summed E-state index contributed by atoms with van der Waals surface area (Å²) in [6.07, 6.45) is 1.95. The maximum atomic E-state index is 11.3. The fourth-order valence-corrected chi connectivity index (χ4v) is 2.53. The number of aliphatic hydroxyl groups is 2. The molecule has 3 N–H and O–H groups in total. The molecule has 0 aromatic heterocycles. The van der Waals surface area contributed by atoms with Gasteiger partial charge in [0.1, 0.15) is 0 Å². The minimum Gasteiger partial charge on any atom is -0.392 e. The number of nitro benzene ring substituents is 2. The molecule has 0 atom stereocenters. The molecule has 9 nitrogen and oxygen atoms in total. The third-order valence-corrected chi connectivity index (χ3v) is 4.07. The Hall–Kier alpha value is -2.26. The van der Waals surface area contributed by atoms with Crippen molar-refractivity contribution in [1.82, 2.24) is 0 Å². The van der Waals surface area contributed by atoms with Crippen molar-refractivity contribution >= 4 is 17.1 Å². The lowest BCUT2D eigenvalue weighted by molar-refractivity contribution is -0.392. The molecule has 1 aromatic rings. The molecule has 1 aliphatic rings. The Kier molecular flexibility index (Phi) is 4.29. The molecule has 9 heteroatoms. The largest absolute Gasteiger partial charge is 0.392 e. The van der Waals surface area contributed by atoms with E-state index in [1.54, 1.807) is 0 Å². The van der Waals surface area contributed by atoms with Gasteiger partial charge in [0.25, 0.3) is 5.69 Å². The summed E-state index contributed by atoms with van der Waals surface area (Å²) in [4.78, 5) is 21.0. The Balaban J connectivity index is 2.49. The van der Waals surface area contributed by atoms with Crippen molar-refractivity contribution in [2.75, 3.05) is 11.9 Å². The molecule has 0 radical (unpaired) electrons. The molecule has 0 bridgehead atoms. The molecule has 120 valence electrons. The number of nitro groups is 2. The molecule has 2 rings (SSSR count). The summed E-state index contributed by atoms with van der Waals surface area (Å²) in [6.45, 7) is 0.904. The number of benzene rings is 1. The minimum absolute atomic E-state index is 0.00654. The van der Waals surface area contributed by atoms with Crippen LogP contribution in [0.4, 0.5) is 17.1 Å². The van der Waals surface area contributed by atoms with Crippen LogP contribution in [0.2, 0.25) is 0 Å². The normalized spacial score (nSPS) is 16.0. The smallest absolute Gasteiger partial charge is 0.302 e. The molecule has 1 aliphatic carbocycles. The van der Waals surface area contributed by atoms with Crippen LogP contribution in [0, 0.1) is 27.2 Å². The lowest BCUT2D eigenvalue weighted by Crippen LogP contribution is -2.43. The third kappa shape index (κ3) is 2.85. The zero-order chi connectivity index (χ0) is 16.5. The van der Waals surface area contributed by atoms with E-state index in [0.29, 0.717) is 12.8 Å². The van der Waals surface area contributed by atoms with Gasteiger partial charge >= 0.3 is 5.69 Å². The van der Waals surface area contributed by atoms with Crippen molar-refractivity contribution in [1.29, 1.82) is 0 Å². The van der Waals surface area contributed by atoms with E-state index < -0.39 is 33.4 Å². The summed E-state index contributed by atoms with van der Waals surface area (Å²) >= 11 is 0. The highest BCUT2D eigenvalue weighted by atomic mass is 16.6. The molecule has 0 saturated heterocycles. The number of aliphatic hydroxyl groups excluding tert-OH is 1. The maximum Gasteiger partial charge on any atom is 0.302 e. The minimum atomic E-state index is -0.981. The lowest BCUT2D eigenvalue weighted by Gasteiger charge is -2.36. The van der Waals surface area contributed by atoms with Gasteiger partial charge in [-0.05, 0) is 31.7 Å². The van der Waals surface area contributed by atoms with E-state index in [2.05, 4.69) is 5.32 Å². The number of nitrogens with zero attached hydrogens (tertiary/aromatic N) is 2. The zero-order valence-corrected chi connectivity index (χ0v) is 12.0. The van der Waals surface area contributed by atoms with Gasteiger partial charge in [0.2, 0.25) is 0 Å². The summed E-state index contributed by atoms with van der Waals surface area (Å²) in [7, 11) is 0. The highest BCUT2D eigenvalue weighted by molar-refractivity contribution is 5.77. The standard InChI is InChI=1S/C13H17N3O6/c1-8-9(6-17)5-10(15(19)20)11(12(8)16(21)22)14-7-13(18)3-2-4-13/h5,14,17-18H,2-4,6-7H2,1H3. The van der Waals surface area contributed by atoms with Gasteiger partial charge in [0, 0.05) is 18.2 Å². The fourth-order valence-electron chi connectivity index (χ4n) is 2.53. The molecule has 1 aromatic carbocycles. The van der Waals surface area contributed by atoms with Crippen molar-refractivity contribution < 1.29 is 20.1 Å². The van der Waals surface area contributed by atoms with Gasteiger partial charge in [-0.1, -0.05) is 0 Å². The second-order valence-corrected chi connectivity index (χ2v) is 5.51. The summed E-state index contributed by atoms with van der Waals surface area (Å²) in [5.74, 6) is 0. The van der Waals surface area contributed by atoms with Gasteiger partial charge in [0.15, 0.2) is 5.69 Å². The number of hydrogen-bond acceptors (Lipinski definition) is 7.